The lowest BCUT2D eigenvalue weighted by Crippen LogP contribution is -2.10. The minimum absolute atomic E-state index is 0.110. The summed E-state index contributed by atoms with van der Waals surface area (Å²) in [6.07, 6.45) is 6.46. The summed E-state index contributed by atoms with van der Waals surface area (Å²) in [5.41, 5.74) is 3.17. The number of nitrogens with one attached hydrogen (secondary N) is 1. The van der Waals surface area contributed by atoms with E-state index >= 15 is 0 Å². The van der Waals surface area contributed by atoms with E-state index in [-0.39, 0.29) is 5.91 Å². The Bertz CT molecular complexity index is 560. The molecule has 1 radical (unpaired) electrons. The molecule has 0 aliphatic rings. The number of amides is 1. The van der Waals surface area contributed by atoms with Crippen LogP contribution in [0.25, 0.3) is 11.1 Å². The number of rotatable bonds is 8. The summed E-state index contributed by atoms with van der Waals surface area (Å²) in [4.78, 5) is 11.9. The van der Waals surface area contributed by atoms with Crippen molar-refractivity contribution in [1.82, 2.24) is 0 Å². The Labute approximate surface area is 133 Å². The Morgan fingerprint density at radius 3 is 2.23 bits per heavy atom. The van der Waals surface area contributed by atoms with Crippen LogP contribution in [0.1, 0.15) is 45.4 Å². The molecule has 2 rings (SSSR count). The first-order chi connectivity index (χ1) is 10.8. The molecule has 0 spiro atoms. The molecule has 2 heteroatoms. The number of carbonyl (C=O) groups excluding carboxylic acids is 1. The fourth-order valence-corrected chi connectivity index (χ4v) is 2.44. The molecule has 0 unspecified atom stereocenters. The second-order valence-corrected chi connectivity index (χ2v) is 5.58. The second-order valence-electron chi connectivity index (χ2n) is 5.58. The van der Waals surface area contributed by atoms with Gasteiger partial charge >= 0.3 is 0 Å². The van der Waals surface area contributed by atoms with Gasteiger partial charge in [-0.1, -0.05) is 69.0 Å². The highest BCUT2D eigenvalue weighted by Crippen LogP contribution is 2.21. The van der Waals surface area contributed by atoms with E-state index in [0.29, 0.717) is 6.42 Å². The third kappa shape index (κ3) is 5.36. The van der Waals surface area contributed by atoms with E-state index in [1.54, 1.807) is 0 Å². The normalized spacial score (nSPS) is 10.4. The van der Waals surface area contributed by atoms with E-state index < -0.39 is 0 Å². The molecule has 0 aliphatic heterocycles. The van der Waals surface area contributed by atoms with E-state index in [1.165, 1.54) is 19.3 Å². The van der Waals surface area contributed by atoms with E-state index in [1.807, 2.05) is 48.5 Å². The summed E-state index contributed by atoms with van der Waals surface area (Å²) < 4.78 is 0. The minimum Gasteiger partial charge on any atom is -0.326 e. The van der Waals surface area contributed by atoms with E-state index in [0.717, 1.165) is 29.7 Å². The van der Waals surface area contributed by atoms with Gasteiger partial charge in [0.25, 0.3) is 0 Å². The lowest BCUT2D eigenvalue weighted by atomic mass is 10.1. The molecule has 2 aromatic carbocycles. The number of hydrogen-bond donors (Lipinski definition) is 1. The predicted octanol–water partition coefficient (Wildman–Crippen LogP) is 5.45. The highest BCUT2D eigenvalue weighted by atomic mass is 16.1. The molecule has 0 atom stereocenters. The third-order valence-electron chi connectivity index (χ3n) is 3.73. The van der Waals surface area contributed by atoms with E-state index in [4.69, 9.17) is 0 Å². The maximum atomic E-state index is 11.9. The zero-order valence-corrected chi connectivity index (χ0v) is 13.3. The SMILES string of the molecule is CCCCCCCC(=O)Nc1ccc(-c2cc[c]cc2)cc1. The molecule has 2 aromatic rings. The van der Waals surface area contributed by atoms with Gasteiger partial charge in [-0.2, -0.15) is 0 Å². The van der Waals surface area contributed by atoms with Crippen LogP contribution in [0.5, 0.6) is 0 Å². The van der Waals surface area contributed by atoms with Crippen molar-refractivity contribution in [3.8, 4) is 11.1 Å². The summed E-state index contributed by atoms with van der Waals surface area (Å²) in [5.74, 6) is 0.110. The van der Waals surface area contributed by atoms with Crippen LogP contribution in [0, 0.1) is 6.07 Å². The summed E-state index contributed by atoms with van der Waals surface area (Å²) in [5, 5.41) is 2.97. The summed E-state index contributed by atoms with van der Waals surface area (Å²) in [7, 11) is 0. The Hall–Kier alpha value is -2.09. The Morgan fingerprint density at radius 1 is 0.909 bits per heavy atom. The minimum atomic E-state index is 0.110. The molecule has 0 aromatic heterocycles. The summed E-state index contributed by atoms with van der Waals surface area (Å²) in [6.45, 7) is 2.20. The van der Waals surface area contributed by atoms with Crippen molar-refractivity contribution in [1.29, 1.82) is 0 Å². The molecule has 115 valence electrons. The quantitative estimate of drug-likeness (QED) is 0.644. The summed E-state index contributed by atoms with van der Waals surface area (Å²) >= 11 is 0. The number of anilines is 1. The van der Waals surface area contributed by atoms with Crippen molar-refractivity contribution in [3.63, 3.8) is 0 Å². The third-order valence-corrected chi connectivity index (χ3v) is 3.73. The van der Waals surface area contributed by atoms with Gasteiger partial charge in [-0.25, -0.2) is 0 Å². The largest absolute Gasteiger partial charge is 0.326 e. The zero-order chi connectivity index (χ0) is 15.6. The first kappa shape index (κ1) is 16.3. The average Bonchev–Trinajstić information content (AvgIpc) is 2.56. The fraction of sp³-hybridized carbons (Fsp3) is 0.350. The van der Waals surface area contributed by atoms with Crippen LogP contribution in [-0.2, 0) is 4.79 Å². The molecule has 1 N–H and O–H groups in total. The fourth-order valence-electron chi connectivity index (χ4n) is 2.44. The van der Waals surface area contributed by atoms with Gasteiger partial charge in [0.2, 0.25) is 5.91 Å². The van der Waals surface area contributed by atoms with Gasteiger partial charge in [0, 0.05) is 12.1 Å². The van der Waals surface area contributed by atoms with Crippen molar-refractivity contribution >= 4 is 11.6 Å². The van der Waals surface area contributed by atoms with Crippen LogP contribution in [0.2, 0.25) is 0 Å². The molecule has 0 fully saturated rings. The van der Waals surface area contributed by atoms with Crippen molar-refractivity contribution in [2.75, 3.05) is 5.32 Å². The lowest BCUT2D eigenvalue weighted by Gasteiger charge is -2.07. The standard InChI is InChI=1S/C20H24NO/c1-2-3-4-5-9-12-20(22)21-19-15-13-18(14-16-19)17-10-7-6-8-11-17/h7-8,10-11,13-16H,2-5,9,12H2,1H3,(H,21,22). The van der Waals surface area contributed by atoms with Crippen LogP contribution in [0.3, 0.4) is 0 Å². The topological polar surface area (TPSA) is 29.1 Å². The van der Waals surface area contributed by atoms with Gasteiger partial charge < -0.3 is 5.32 Å². The highest BCUT2D eigenvalue weighted by molar-refractivity contribution is 5.90. The zero-order valence-electron chi connectivity index (χ0n) is 13.3. The first-order valence-electron chi connectivity index (χ1n) is 8.16. The highest BCUT2D eigenvalue weighted by Gasteiger charge is 2.03. The van der Waals surface area contributed by atoms with Crippen LogP contribution in [0.15, 0.2) is 48.5 Å². The van der Waals surface area contributed by atoms with Gasteiger partial charge in [-0.15, -0.1) is 0 Å². The van der Waals surface area contributed by atoms with Gasteiger partial charge in [-0.3, -0.25) is 4.79 Å². The van der Waals surface area contributed by atoms with Crippen LogP contribution in [-0.4, -0.2) is 5.91 Å². The van der Waals surface area contributed by atoms with Gasteiger partial charge in [0.05, 0.1) is 0 Å². The molecular weight excluding hydrogens is 270 g/mol. The predicted molar refractivity (Wildman–Crippen MR) is 92.7 cm³/mol. The molecule has 0 saturated carbocycles. The van der Waals surface area contributed by atoms with Gasteiger partial charge in [0.15, 0.2) is 0 Å². The van der Waals surface area contributed by atoms with Crippen LogP contribution in [0.4, 0.5) is 5.69 Å². The Morgan fingerprint density at radius 2 is 1.55 bits per heavy atom. The molecule has 1 amide bonds. The van der Waals surface area contributed by atoms with Crippen molar-refractivity contribution in [2.24, 2.45) is 0 Å². The van der Waals surface area contributed by atoms with Crippen molar-refractivity contribution < 1.29 is 4.79 Å². The van der Waals surface area contributed by atoms with Crippen LogP contribution < -0.4 is 5.32 Å². The maximum absolute atomic E-state index is 11.9. The molecule has 2 nitrogen and oxygen atoms in total. The van der Waals surface area contributed by atoms with Crippen molar-refractivity contribution in [3.05, 3.63) is 54.6 Å². The monoisotopic (exact) mass is 294 g/mol. The molecule has 0 heterocycles. The van der Waals surface area contributed by atoms with Gasteiger partial charge in [0.1, 0.15) is 0 Å². The smallest absolute Gasteiger partial charge is 0.224 e. The van der Waals surface area contributed by atoms with Gasteiger partial charge in [-0.05, 0) is 35.7 Å². The Balaban J connectivity index is 1.80. The number of benzene rings is 2. The maximum Gasteiger partial charge on any atom is 0.224 e. The molecule has 0 aliphatic carbocycles. The molecule has 0 saturated heterocycles. The van der Waals surface area contributed by atoms with E-state index in [2.05, 4.69) is 18.3 Å². The molecule has 22 heavy (non-hydrogen) atoms. The number of carbonyl (C=O) groups is 1. The van der Waals surface area contributed by atoms with Crippen LogP contribution >= 0.6 is 0 Å². The molecular formula is C20H24NO. The number of hydrogen-bond acceptors (Lipinski definition) is 1. The van der Waals surface area contributed by atoms with E-state index in [9.17, 15) is 4.79 Å². The first-order valence-corrected chi connectivity index (χ1v) is 8.16. The second kappa shape index (κ2) is 9.04. The van der Waals surface area contributed by atoms with Crippen molar-refractivity contribution in [2.45, 2.75) is 45.4 Å². The Kier molecular flexibility index (Phi) is 6.69. The number of unbranched alkanes of at least 4 members (excludes halogenated alkanes) is 4. The summed E-state index contributed by atoms with van der Waals surface area (Å²) in [6, 6.07) is 18.9. The molecule has 0 bridgehead atoms. The lowest BCUT2D eigenvalue weighted by molar-refractivity contribution is -0.116. The average molecular weight is 294 g/mol.